The van der Waals surface area contributed by atoms with E-state index in [9.17, 15) is 25.0 Å². The monoisotopic (exact) mass is 226 g/mol. The molecule has 0 bridgehead atoms. The summed E-state index contributed by atoms with van der Waals surface area (Å²) in [6.07, 6.45) is 0. The average molecular weight is 226 g/mol. The first-order chi connectivity index (χ1) is 7.36. The number of nitro benzene ring substituents is 2. The molecule has 0 fully saturated rings. The molecule has 0 aliphatic carbocycles. The summed E-state index contributed by atoms with van der Waals surface area (Å²) < 4.78 is 0. The smallest absolute Gasteiger partial charge is 0.369 e. The number of carbonyl (C=O) groups excluding carboxylic acids is 1. The van der Waals surface area contributed by atoms with E-state index in [1.165, 1.54) is 0 Å². The van der Waals surface area contributed by atoms with E-state index in [-0.39, 0.29) is 0 Å². The Hall–Kier alpha value is -2.71. The van der Waals surface area contributed by atoms with Gasteiger partial charge < -0.3 is 11.5 Å². The molecule has 0 aliphatic heterocycles. The SMILES string of the molecule is NC(=O)c1ccc(N)c([N+](=O)[O-])c1[N+](=O)[O-]. The van der Waals surface area contributed by atoms with Crippen LogP contribution in [-0.2, 0) is 0 Å². The standard InChI is InChI=1S/C7H6N4O5/c8-4-2-1-3(7(9)12)5(10(13)14)6(4)11(15)16/h1-2H,8H2,(H2,9,12). The van der Waals surface area contributed by atoms with Crippen molar-refractivity contribution in [3.8, 4) is 0 Å². The Labute approximate surface area is 87.9 Å². The highest BCUT2D eigenvalue weighted by molar-refractivity contribution is 6.00. The molecule has 1 rings (SSSR count). The number of nitrogens with two attached hydrogens (primary N) is 2. The van der Waals surface area contributed by atoms with E-state index in [1.807, 2.05) is 0 Å². The van der Waals surface area contributed by atoms with Gasteiger partial charge in [-0.2, -0.15) is 0 Å². The highest BCUT2D eigenvalue weighted by Gasteiger charge is 2.33. The van der Waals surface area contributed by atoms with Gasteiger partial charge in [0.1, 0.15) is 11.3 Å². The molecular weight excluding hydrogens is 220 g/mol. The number of amides is 1. The van der Waals surface area contributed by atoms with Crippen molar-refractivity contribution in [2.24, 2.45) is 5.73 Å². The lowest BCUT2D eigenvalue weighted by molar-refractivity contribution is -0.422. The topological polar surface area (TPSA) is 155 Å². The van der Waals surface area contributed by atoms with Gasteiger partial charge in [0.05, 0.1) is 9.85 Å². The molecule has 0 atom stereocenters. The zero-order valence-electron chi connectivity index (χ0n) is 7.75. The van der Waals surface area contributed by atoms with Crippen LogP contribution >= 0.6 is 0 Å². The lowest BCUT2D eigenvalue weighted by Gasteiger charge is -2.01. The first-order valence-electron chi connectivity index (χ1n) is 3.87. The molecule has 0 spiro atoms. The normalized spacial score (nSPS) is 9.75. The molecule has 4 N–H and O–H groups in total. The third kappa shape index (κ3) is 1.73. The van der Waals surface area contributed by atoms with Crippen LogP contribution in [0.3, 0.4) is 0 Å². The summed E-state index contributed by atoms with van der Waals surface area (Å²) in [5.41, 5.74) is 7.23. The first-order valence-corrected chi connectivity index (χ1v) is 3.87. The van der Waals surface area contributed by atoms with Crippen LogP contribution in [0.15, 0.2) is 12.1 Å². The van der Waals surface area contributed by atoms with E-state index in [4.69, 9.17) is 11.5 Å². The van der Waals surface area contributed by atoms with E-state index in [0.717, 1.165) is 12.1 Å². The van der Waals surface area contributed by atoms with E-state index >= 15 is 0 Å². The molecule has 0 radical (unpaired) electrons. The number of hydrogen-bond acceptors (Lipinski definition) is 6. The number of primary amides is 1. The Morgan fingerprint density at radius 2 is 1.62 bits per heavy atom. The summed E-state index contributed by atoms with van der Waals surface area (Å²) in [4.78, 5) is 30.0. The Morgan fingerprint density at radius 3 is 2.00 bits per heavy atom. The fraction of sp³-hybridized carbons (Fsp3) is 0. The van der Waals surface area contributed by atoms with Crippen LogP contribution in [0.25, 0.3) is 0 Å². The average Bonchev–Trinajstić information content (AvgIpc) is 2.15. The second kappa shape index (κ2) is 3.81. The molecule has 84 valence electrons. The van der Waals surface area contributed by atoms with Gasteiger partial charge in [-0.15, -0.1) is 0 Å². The lowest BCUT2D eigenvalue weighted by atomic mass is 10.1. The predicted octanol–water partition coefficient (Wildman–Crippen LogP) is 0.184. The number of nitro groups is 2. The summed E-state index contributed by atoms with van der Waals surface area (Å²) in [6, 6.07) is 1.99. The molecular formula is C7H6N4O5. The molecule has 1 aromatic rings. The Morgan fingerprint density at radius 1 is 1.12 bits per heavy atom. The molecule has 9 heteroatoms. The molecule has 9 nitrogen and oxygen atoms in total. The highest BCUT2D eigenvalue weighted by atomic mass is 16.6. The second-order valence-corrected chi connectivity index (χ2v) is 2.78. The fourth-order valence-electron chi connectivity index (χ4n) is 1.17. The van der Waals surface area contributed by atoms with Crippen molar-refractivity contribution in [1.29, 1.82) is 0 Å². The van der Waals surface area contributed by atoms with Gasteiger partial charge in [0.15, 0.2) is 0 Å². The maximum absolute atomic E-state index is 10.9. The van der Waals surface area contributed by atoms with Gasteiger partial charge in [-0.1, -0.05) is 0 Å². The summed E-state index contributed by atoms with van der Waals surface area (Å²) in [5, 5.41) is 21.2. The molecule has 0 saturated heterocycles. The van der Waals surface area contributed by atoms with Crippen molar-refractivity contribution in [2.45, 2.75) is 0 Å². The van der Waals surface area contributed by atoms with E-state index in [1.54, 1.807) is 0 Å². The lowest BCUT2D eigenvalue weighted by Crippen LogP contribution is -2.15. The maximum Gasteiger partial charge on any atom is 0.369 e. The molecule has 1 aromatic carbocycles. The number of rotatable bonds is 3. The minimum atomic E-state index is -1.13. The fourth-order valence-corrected chi connectivity index (χ4v) is 1.17. The summed E-state index contributed by atoms with van der Waals surface area (Å²) >= 11 is 0. The van der Waals surface area contributed by atoms with Crippen LogP contribution in [0.4, 0.5) is 17.1 Å². The van der Waals surface area contributed by atoms with Gasteiger partial charge in [-0.05, 0) is 12.1 Å². The third-order valence-corrected chi connectivity index (χ3v) is 1.81. The first kappa shape index (κ1) is 11.4. The molecule has 0 saturated carbocycles. The number of benzene rings is 1. The van der Waals surface area contributed by atoms with Crippen molar-refractivity contribution in [3.05, 3.63) is 37.9 Å². The van der Waals surface area contributed by atoms with Crippen molar-refractivity contribution in [2.75, 3.05) is 5.73 Å². The van der Waals surface area contributed by atoms with E-state index in [2.05, 4.69) is 0 Å². The number of nitrogen functional groups attached to an aromatic ring is 1. The number of nitrogens with zero attached hydrogens (tertiary/aromatic N) is 2. The van der Waals surface area contributed by atoms with Crippen LogP contribution in [-0.4, -0.2) is 15.8 Å². The quantitative estimate of drug-likeness (QED) is 0.425. The maximum atomic E-state index is 10.9. The van der Waals surface area contributed by atoms with E-state index in [0.29, 0.717) is 0 Å². The van der Waals surface area contributed by atoms with Gasteiger partial charge >= 0.3 is 11.4 Å². The van der Waals surface area contributed by atoms with Crippen molar-refractivity contribution < 1.29 is 14.6 Å². The highest BCUT2D eigenvalue weighted by Crippen LogP contribution is 2.35. The predicted molar refractivity (Wildman–Crippen MR) is 52.7 cm³/mol. The number of carbonyl (C=O) groups is 1. The Balaban J connectivity index is 3.70. The summed E-state index contributed by atoms with van der Waals surface area (Å²) in [6.45, 7) is 0. The Bertz CT molecular complexity index is 498. The molecule has 0 aromatic heterocycles. The van der Waals surface area contributed by atoms with Gasteiger partial charge in [-0.25, -0.2) is 0 Å². The van der Waals surface area contributed by atoms with E-state index < -0.39 is 38.4 Å². The molecule has 1 amide bonds. The number of hydrogen-bond donors (Lipinski definition) is 2. The van der Waals surface area contributed by atoms with Crippen molar-refractivity contribution in [1.82, 2.24) is 0 Å². The summed E-state index contributed by atoms with van der Waals surface area (Å²) in [7, 11) is 0. The minimum Gasteiger partial charge on any atom is -0.393 e. The zero-order valence-corrected chi connectivity index (χ0v) is 7.75. The van der Waals surface area contributed by atoms with Crippen LogP contribution in [0.2, 0.25) is 0 Å². The molecule has 0 unspecified atom stereocenters. The zero-order chi connectivity index (χ0) is 12.5. The van der Waals surface area contributed by atoms with Crippen molar-refractivity contribution in [3.63, 3.8) is 0 Å². The van der Waals surface area contributed by atoms with Gasteiger partial charge in [0.2, 0.25) is 0 Å². The third-order valence-electron chi connectivity index (χ3n) is 1.81. The second-order valence-electron chi connectivity index (χ2n) is 2.78. The molecule has 0 heterocycles. The van der Waals surface area contributed by atoms with Crippen LogP contribution in [0.5, 0.6) is 0 Å². The van der Waals surface area contributed by atoms with Crippen molar-refractivity contribution >= 4 is 23.0 Å². The minimum absolute atomic E-state index is 0.401. The largest absolute Gasteiger partial charge is 0.393 e. The summed E-state index contributed by atoms with van der Waals surface area (Å²) in [5.74, 6) is -1.13. The molecule has 16 heavy (non-hydrogen) atoms. The van der Waals surface area contributed by atoms with Gasteiger partial charge in [-0.3, -0.25) is 25.0 Å². The van der Waals surface area contributed by atoms with Crippen LogP contribution < -0.4 is 11.5 Å². The number of anilines is 1. The van der Waals surface area contributed by atoms with Crippen LogP contribution in [0, 0.1) is 20.2 Å². The Kier molecular flexibility index (Phi) is 2.70. The van der Waals surface area contributed by atoms with Gasteiger partial charge in [0.25, 0.3) is 5.91 Å². The van der Waals surface area contributed by atoms with Gasteiger partial charge in [0, 0.05) is 0 Å². The van der Waals surface area contributed by atoms with Crippen LogP contribution in [0.1, 0.15) is 10.4 Å². The molecule has 0 aliphatic rings.